The third kappa shape index (κ3) is 4.43. The third-order valence-electron chi connectivity index (χ3n) is 9.18. The van der Waals surface area contributed by atoms with E-state index in [0.717, 1.165) is 89.2 Å². The number of rotatable bonds is 5. The molecule has 48 heavy (non-hydrogen) atoms. The number of hydrogen-bond acceptors (Lipinski definition) is 4. The molecular weight excluding hydrogens is 589 g/mol. The minimum atomic E-state index is 0.608. The number of pyridine rings is 2. The SMILES string of the molecule is Cc1ccc(-c2nc3ccnc(C)c3n2-c2c(-c3ccccc3)cccc2-c2ccccc2)c2oc3nc(-c4ccccc4)ccc3c12. The average Bonchev–Trinajstić information content (AvgIpc) is 3.73. The van der Waals surface area contributed by atoms with Gasteiger partial charge in [-0.25, -0.2) is 9.97 Å². The van der Waals surface area contributed by atoms with Gasteiger partial charge in [0.2, 0.25) is 5.71 Å². The van der Waals surface area contributed by atoms with Crippen LogP contribution in [0.5, 0.6) is 0 Å². The van der Waals surface area contributed by atoms with Crippen LogP contribution in [0.2, 0.25) is 0 Å². The van der Waals surface area contributed by atoms with E-state index >= 15 is 0 Å². The number of imidazole rings is 1. The summed E-state index contributed by atoms with van der Waals surface area (Å²) < 4.78 is 9.04. The second-order valence-electron chi connectivity index (χ2n) is 12.1. The van der Waals surface area contributed by atoms with Crippen LogP contribution in [0.3, 0.4) is 0 Å². The van der Waals surface area contributed by atoms with Gasteiger partial charge in [-0.1, -0.05) is 115 Å². The van der Waals surface area contributed by atoms with Crippen molar-refractivity contribution in [1.82, 2.24) is 19.5 Å². The number of para-hydroxylation sites is 1. The molecule has 0 atom stereocenters. The minimum Gasteiger partial charge on any atom is -0.437 e. The topological polar surface area (TPSA) is 56.7 Å². The van der Waals surface area contributed by atoms with Gasteiger partial charge in [-0.05, 0) is 54.8 Å². The molecule has 9 rings (SSSR count). The van der Waals surface area contributed by atoms with Crippen LogP contribution in [-0.4, -0.2) is 19.5 Å². The van der Waals surface area contributed by atoms with Crippen LogP contribution < -0.4 is 0 Å². The molecule has 0 N–H and O–H groups in total. The van der Waals surface area contributed by atoms with Gasteiger partial charge in [0.1, 0.15) is 11.4 Å². The van der Waals surface area contributed by atoms with Crippen LogP contribution in [0.25, 0.3) is 83.7 Å². The predicted molar refractivity (Wildman–Crippen MR) is 195 cm³/mol. The smallest absolute Gasteiger partial charge is 0.227 e. The first-order valence-corrected chi connectivity index (χ1v) is 16.1. The fourth-order valence-electron chi connectivity index (χ4n) is 6.94. The summed E-state index contributed by atoms with van der Waals surface area (Å²) in [4.78, 5) is 15.1. The van der Waals surface area contributed by atoms with Crippen LogP contribution in [0.15, 0.2) is 150 Å². The molecule has 0 radical (unpaired) electrons. The van der Waals surface area contributed by atoms with Gasteiger partial charge in [-0.3, -0.25) is 9.55 Å². The molecule has 0 saturated carbocycles. The highest BCUT2D eigenvalue weighted by molar-refractivity contribution is 6.11. The van der Waals surface area contributed by atoms with Gasteiger partial charge in [0, 0.05) is 33.7 Å². The van der Waals surface area contributed by atoms with Crippen molar-refractivity contribution < 1.29 is 4.42 Å². The summed E-state index contributed by atoms with van der Waals surface area (Å²) in [5, 5.41) is 2.03. The lowest BCUT2D eigenvalue weighted by Crippen LogP contribution is -2.04. The predicted octanol–water partition coefficient (Wildman–Crippen LogP) is 11.0. The molecular formula is C43H30N4O. The van der Waals surface area contributed by atoms with Gasteiger partial charge < -0.3 is 4.42 Å². The fourth-order valence-corrected chi connectivity index (χ4v) is 6.94. The summed E-state index contributed by atoms with van der Waals surface area (Å²) in [6.07, 6.45) is 1.83. The number of nitrogens with zero attached hydrogens (tertiary/aromatic N) is 4. The highest BCUT2D eigenvalue weighted by atomic mass is 16.3. The molecule has 0 unspecified atom stereocenters. The van der Waals surface area contributed by atoms with Gasteiger partial charge >= 0.3 is 0 Å². The Labute approximate surface area is 277 Å². The van der Waals surface area contributed by atoms with Gasteiger partial charge in [-0.15, -0.1) is 0 Å². The van der Waals surface area contributed by atoms with Crippen molar-refractivity contribution in [2.75, 3.05) is 0 Å². The molecule has 0 amide bonds. The number of aryl methyl sites for hydroxylation is 2. The molecule has 228 valence electrons. The van der Waals surface area contributed by atoms with Gasteiger partial charge in [0.25, 0.3) is 0 Å². The zero-order chi connectivity index (χ0) is 32.2. The zero-order valence-corrected chi connectivity index (χ0v) is 26.6. The molecule has 4 aromatic heterocycles. The second-order valence-corrected chi connectivity index (χ2v) is 12.1. The highest BCUT2D eigenvalue weighted by Gasteiger charge is 2.25. The van der Waals surface area contributed by atoms with E-state index < -0.39 is 0 Å². The molecule has 4 heterocycles. The van der Waals surface area contributed by atoms with E-state index in [1.165, 1.54) is 0 Å². The van der Waals surface area contributed by atoms with Crippen LogP contribution in [0, 0.1) is 13.8 Å². The van der Waals surface area contributed by atoms with E-state index in [4.69, 9.17) is 19.4 Å². The van der Waals surface area contributed by atoms with Crippen molar-refractivity contribution in [3.8, 4) is 50.6 Å². The van der Waals surface area contributed by atoms with Gasteiger partial charge in [0.15, 0.2) is 0 Å². The molecule has 9 aromatic rings. The van der Waals surface area contributed by atoms with E-state index in [1.807, 2.05) is 30.5 Å². The summed E-state index contributed by atoms with van der Waals surface area (Å²) in [5.41, 5.74) is 13.5. The molecule has 0 aliphatic carbocycles. The Morgan fingerprint density at radius 3 is 1.88 bits per heavy atom. The Kier molecular flexibility index (Phi) is 6.51. The first kappa shape index (κ1) is 27.9. The Morgan fingerprint density at radius 2 is 1.21 bits per heavy atom. The standard InChI is InChI=1S/C43H30N4O/c1-27-21-22-35(41-38(27)34-23-24-36(46-43(34)48-41)31-17-10-5-11-18-31)42-45-37-25-26-44-28(2)39(37)47(42)40-32(29-13-6-3-7-14-29)19-12-20-33(40)30-15-8-4-9-16-30/h3-26H,1-2H3. The highest BCUT2D eigenvalue weighted by Crippen LogP contribution is 2.43. The van der Waals surface area contributed by atoms with E-state index in [9.17, 15) is 0 Å². The molecule has 0 saturated heterocycles. The summed E-state index contributed by atoms with van der Waals surface area (Å²) in [6.45, 7) is 4.18. The molecule has 5 nitrogen and oxygen atoms in total. The van der Waals surface area contributed by atoms with Crippen molar-refractivity contribution in [1.29, 1.82) is 0 Å². The average molecular weight is 619 g/mol. The van der Waals surface area contributed by atoms with E-state index in [2.05, 4.69) is 134 Å². The van der Waals surface area contributed by atoms with E-state index in [1.54, 1.807) is 0 Å². The van der Waals surface area contributed by atoms with Crippen molar-refractivity contribution in [2.24, 2.45) is 0 Å². The van der Waals surface area contributed by atoms with Crippen molar-refractivity contribution in [3.05, 3.63) is 157 Å². The molecule has 0 aliphatic rings. The first-order chi connectivity index (χ1) is 23.7. The summed E-state index contributed by atoms with van der Waals surface area (Å²) >= 11 is 0. The lowest BCUT2D eigenvalue weighted by atomic mass is 9.95. The van der Waals surface area contributed by atoms with Gasteiger partial charge in [0.05, 0.1) is 33.7 Å². The van der Waals surface area contributed by atoms with Crippen LogP contribution in [0.4, 0.5) is 0 Å². The Morgan fingerprint density at radius 1 is 0.562 bits per heavy atom. The maximum Gasteiger partial charge on any atom is 0.227 e. The zero-order valence-electron chi connectivity index (χ0n) is 26.6. The van der Waals surface area contributed by atoms with E-state index in [-0.39, 0.29) is 0 Å². The van der Waals surface area contributed by atoms with Crippen molar-refractivity contribution in [2.45, 2.75) is 13.8 Å². The normalized spacial score (nSPS) is 11.5. The summed E-state index contributed by atoms with van der Waals surface area (Å²) in [5.74, 6) is 0.786. The quantitative estimate of drug-likeness (QED) is 0.193. The Balaban J connectivity index is 1.39. The number of benzene rings is 5. The molecule has 0 fully saturated rings. The lowest BCUT2D eigenvalue weighted by molar-refractivity contribution is 0.655. The number of hydrogen-bond donors (Lipinski definition) is 0. The van der Waals surface area contributed by atoms with Crippen LogP contribution >= 0.6 is 0 Å². The Hall–Kier alpha value is -6.33. The monoisotopic (exact) mass is 618 g/mol. The number of aromatic nitrogens is 4. The molecule has 5 heteroatoms. The first-order valence-electron chi connectivity index (χ1n) is 16.1. The second kappa shape index (κ2) is 11.2. The summed E-state index contributed by atoms with van der Waals surface area (Å²) in [6, 6.07) is 48.3. The molecule has 0 aliphatic heterocycles. The maximum absolute atomic E-state index is 6.75. The molecule has 0 bridgehead atoms. The van der Waals surface area contributed by atoms with E-state index in [0.29, 0.717) is 5.71 Å². The largest absolute Gasteiger partial charge is 0.437 e. The maximum atomic E-state index is 6.75. The molecule has 0 spiro atoms. The number of furan rings is 1. The Bertz CT molecular complexity index is 2560. The fraction of sp³-hybridized carbons (Fsp3) is 0.0465. The summed E-state index contributed by atoms with van der Waals surface area (Å²) in [7, 11) is 0. The number of fused-ring (bicyclic) bond motifs is 4. The molecule has 5 aromatic carbocycles. The minimum absolute atomic E-state index is 0.608. The van der Waals surface area contributed by atoms with Crippen LogP contribution in [0.1, 0.15) is 11.3 Å². The lowest BCUT2D eigenvalue weighted by Gasteiger charge is -2.20. The van der Waals surface area contributed by atoms with Crippen molar-refractivity contribution in [3.63, 3.8) is 0 Å². The van der Waals surface area contributed by atoms with Gasteiger partial charge in [-0.2, -0.15) is 0 Å². The van der Waals surface area contributed by atoms with Crippen LogP contribution in [-0.2, 0) is 0 Å². The third-order valence-corrected chi connectivity index (χ3v) is 9.18. The van der Waals surface area contributed by atoms with Crippen molar-refractivity contribution >= 4 is 33.1 Å².